The maximum atomic E-state index is 9.51. The van der Waals surface area contributed by atoms with E-state index in [0.717, 1.165) is 38.5 Å². The summed E-state index contributed by atoms with van der Waals surface area (Å²) in [6.07, 6.45) is 0. The molecule has 1 aliphatic heterocycles. The maximum absolute atomic E-state index is 9.51. The van der Waals surface area contributed by atoms with Gasteiger partial charge in [-0.2, -0.15) is 5.26 Å². The largest absolute Gasteiger partial charge is 0.499 e. The number of rotatable bonds is 2. The summed E-state index contributed by atoms with van der Waals surface area (Å²) in [5.74, 6) is 0. The van der Waals surface area contributed by atoms with Crippen LogP contribution in [0.15, 0.2) is 77.2 Å². The van der Waals surface area contributed by atoms with Crippen molar-refractivity contribution in [2.45, 2.75) is 58.2 Å². The zero-order valence-corrected chi connectivity index (χ0v) is 23.2. The lowest BCUT2D eigenvalue weighted by Gasteiger charge is -2.32. The summed E-state index contributed by atoms with van der Waals surface area (Å²) in [6.45, 7) is 12.8. The number of hydrogen-bond acceptors (Lipinski definition) is 4. The molecule has 0 amide bonds. The number of para-hydroxylation sites is 1. The van der Waals surface area contributed by atoms with E-state index in [1.165, 1.54) is 22.3 Å². The Labute approximate surface area is 229 Å². The zero-order chi connectivity index (χ0) is 27.3. The predicted octanol–water partition coefficient (Wildman–Crippen LogP) is 7.73. The van der Waals surface area contributed by atoms with E-state index in [1.54, 1.807) is 0 Å². The van der Waals surface area contributed by atoms with Gasteiger partial charge >= 0.3 is 7.12 Å². The SMILES string of the molecule is CC1(C)c2cc(C#N)ccc2-c2ccc(-c3ccc4c(oc5ccccc54)c3B3OC(C)(C)C(C)(C)O3)cc21. The van der Waals surface area contributed by atoms with Crippen LogP contribution in [0.3, 0.4) is 0 Å². The van der Waals surface area contributed by atoms with Crippen LogP contribution in [0.2, 0.25) is 0 Å². The summed E-state index contributed by atoms with van der Waals surface area (Å²) in [7, 11) is -0.578. The van der Waals surface area contributed by atoms with Gasteiger partial charge in [0, 0.05) is 21.7 Å². The Morgan fingerprint density at radius 2 is 1.33 bits per heavy atom. The number of nitriles is 1. The van der Waals surface area contributed by atoms with Crippen LogP contribution in [0.1, 0.15) is 58.2 Å². The molecule has 2 aliphatic rings. The molecule has 7 rings (SSSR count). The van der Waals surface area contributed by atoms with Crippen molar-refractivity contribution in [3.63, 3.8) is 0 Å². The zero-order valence-electron chi connectivity index (χ0n) is 23.2. The molecule has 4 aromatic carbocycles. The third-order valence-corrected chi connectivity index (χ3v) is 9.19. The fourth-order valence-corrected chi connectivity index (χ4v) is 6.23. The van der Waals surface area contributed by atoms with Gasteiger partial charge in [-0.1, -0.05) is 56.3 Å². The monoisotopic (exact) mass is 511 g/mol. The molecule has 1 fully saturated rings. The summed E-state index contributed by atoms with van der Waals surface area (Å²) >= 11 is 0. The normalized spacial score (nSPS) is 18.3. The lowest BCUT2D eigenvalue weighted by Crippen LogP contribution is -2.41. The van der Waals surface area contributed by atoms with Crippen LogP contribution in [0.4, 0.5) is 0 Å². The molecule has 1 aromatic heterocycles. The standard InChI is InChI=1S/C34H30BNO3/c1-32(2)27-17-20(19-36)11-13-23(27)24-14-12-21(18-28(24)32)22-15-16-26-25-9-7-8-10-29(25)37-31(26)30(22)35-38-33(3,4)34(5,6)39-35/h7-18H,1-6H3. The molecule has 1 saturated heterocycles. The van der Waals surface area contributed by atoms with Crippen LogP contribution in [0, 0.1) is 11.3 Å². The van der Waals surface area contributed by atoms with E-state index in [4.69, 9.17) is 13.7 Å². The average molecular weight is 511 g/mol. The molecule has 0 saturated carbocycles. The lowest BCUT2D eigenvalue weighted by atomic mass is 9.72. The second kappa shape index (κ2) is 7.85. The highest BCUT2D eigenvalue weighted by molar-refractivity contribution is 6.67. The minimum absolute atomic E-state index is 0.235. The number of hydrogen-bond donors (Lipinski definition) is 0. The Morgan fingerprint density at radius 1 is 0.692 bits per heavy atom. The molecule has 0 atom stereocenters. The second-order valence-corrected chi connectivity index (χ2v) is 12.3. The molecule has 0 N–H and O–H groups in total. The maximum Gasteiger partial charge on any atom is 0.499 e. The molecular weight excluding hydrogens is 481 g/mol. The summed E-state index contributed by atoms with van der Waals surface area (Å²) in [5, 5.41) is 11.6. The molecule has 0 spiro atoms. The highest BCUT2D eigenvalue weighted by atomic mass is 16.7. The van der Waals surface area contributed by atoms with E-state index in [0.29, 0.717) is 5.56 Å². The van der Waals surface area contributed by atoms with Gasteiger partial charge in [0.2, 0.25) is 0 Å². The molecule has 5 aromatic rings. The summed E-state index contributed by atoms with van der Waals surface area (Å²) in [6, 6.07) is 27.5. The number of furan rings is 1. The van der Waals surface area contributed by atoms with Gasteiger partial charge in [-0.3, -0.25) is 0 Å². The van der Waals surface area contributed by atoms with Crippen molar-refractivity contribution in [2.24, 2.45) is 0 Å². The van der Waals surface area contributed by atoms with Crippen molar-refractivity contribution in [2.75, 3.05) is 0 Å². The van der Waals surface area contributed by atoms with Crippen LogP contribution in [0.25, 0.3) is 44.2 Å². The summed E-state index contributed by atoms with van der Waals surface area (Å²) in [4.78, 5) is 0. The van der Waals surface area contributed by atoms with Gasteiger partial charge in [-0.15, -0.1) is 0 Å². The number of benzene rings is 4. The molecule has 39 heavy (non-hydrogen) atoms. The Balaban J connectivity index is 1.46. The molecule has 192 valence electrons. The first kappa shape index (κ1) is 24.2. The van der Waals surface area contributed by atoms with Gasteiger partial charge in [0.25, 0.3) is 0 Å². The number of fused-ring (bicyclic) bond motifs is 6. The molecule has 5 heteroatoms. The van der Waals surface area contributed by atoms with Crippen molar-refractivity contribution < 1.29 is 13.7 Å². The molecule has 0 radical (unpaired) electrons. The highest BCUT2D eigenvalue weighted by Crippen LogP contribution is 2.50. The molecule has 2 heterocycles. The smallest absolute Gasteiger partial charge is 0.456 e. The third-order valence-electron chi connectivity index (χ3n) is 9.19. The van der Waals surface area contributed by atoms with Crippen LogP contribution in [-0.4, -0.2) is 18.3 Å². The molecule has 0 bridgehead atoms. The van der Waals surface area contributed by atoms with E-state index in [1.807, 2.05) is 30.3 Å². The first-order valence-corrected chi connectivity index (χ1v) is 13.5. The van der Waals surface area contributed by atoms with Crippen LogP contribution < -0.4 is 5.46 Å². The van der Waals surface area contributed by atoms with Gasteiger partial charge in [-0.25, -0.2) is 0 Å². The molecular formula is C34H30BNO3. The third kappa shape index (κ3) is 3.32. The highest BCUT2D eigenvalue weighted by Gasteiger charge is 2.53. The summed E-state index contributed by atoms with van der Waals surface area (Å²) in [5.41, 5.74) is 9.01. The molecule has 1 aliphatic carbocycles. The minimum atomic E-state index is -0.578. The van der Waals surface area contributed by atoms with Crippen LogP contribution in [0.5, 0.6) is 0 Å². The van der Waals surface area contributed by atoms with Gasteiger partial charge in [0.05, 0.1) is 22.8 Å². The molecule has 0 unspecified atom stereocenters. The topological polar surface area (TPSA) is 55.4 Å². The van der Waals surface area contributed by atoms with Crippen molar-refractivity contribution >= 4 is 34.5 Å². The lowest BCUT2D eigenvalue weighted by molar-refractivity contribution is 0.00578. The van der Waals surface area contributed by atoms with Gasteiger partial charge in [-0.05, 0) is 91.4 Å². The predicted molar refractivity (Wildman–Crippen MR) is 157 cm³/mol. The Bertz CT molecular complexity index is 1860. The Hall–Kier alpha value is -3.85. The van der Waals surface area contributed by atoms with Crippen molar-refractivity contribution in [1.29, 1.82) is 5.26 Å². The Morgan fingerprint density at radius 3 is 2.05 bits per heavy atom. The van der Waals surface area contributed by atoms with E-state index in [9.17, 15) is 5.26 Å². The fourth-order valence-electron chi connectivity index (χ4n) is 6.23. The minimum Gasteiger partial charge on any atom is -0.456 e. The first-order chi connectivity index (χ1) is 18.5. The van der Waals surface area contributed by atoms with Crippen molar-refractivity contribution in [1.82, 2.24) is 0 Å². The van der Waals surface area contributed by atoms with Crippen LogP contribution in [-0.2, 0) is 14.7 Å². The van der Waals surface area contributed by atoms with E-state index in [-0.39, 0.29) is 5.41 Å². The van der Waals surface area contributed by atoms with Crippen LogP contribution >= 0.6 is 0 Å². The quantitative estimate of drug-likeness (QED) is 0.228. The fraction of sp³-hybridized carbons (Fsp3) is 0.265. The second-order valence-electron chi connectivity index (χ2n) is 12.3. The van der Waals surface area contributed by atoms with Gasteiger partial charge in [0.15, 0.2) is 0 Å². The van der Waals surface area contributed by atoms with E-state index >= 15 is 0 Å². The van der Waals surface area contributed by atoms with Gasteiger partial charge in [0.1, 0.15) is 11.2 Å². The summed E-state index contributed by atoms with van der Waals surface area (Å²) < 4.78 is 19.7. The Kier molecular flexibility index (Phi) is 4.87. The van der Waals surface area contributed by atoms with E-state index in [2.05, 4.69) is 90.1 Å². The average Bonchev–Trinajstić information content (AvgIpc) is 3.47. The van der Waals surface area contributed by atoms with Gasteiger partial charge < -0.3 is 13.7 Å². The first-order valence-electron chi connectivity index (χ1n) is 13.5. The van der Waals surface area contributed by atoms with E-state index < -0.39 is 18.3 Å². The molecule has 4 nitrogen and oxygen atoms in total. The number of nitrogens with zero attached hydrogens (tertiary/aromatic N) is 1. The van der Waals surface area contributed by atoms with Crippen molar-refractivity contribution in [3.05, 3.63) is 89.5 Å². The van der Waals surface area contributed by atoms with Crippen molar-refractivity contribution in [3.8, 4) is 28.3 Å².